The van der Waals surface area contributed by atoms with Gasteiger partial charge in [0.25, 0.3) is 0 Å². The third-order valence-electron chi connectivity index (χ3n) is 4.02. The van der Waals surface area contributed by atoms with Crippen LogP contribution in [-0.4, -0.2) is 17.6 Å². The number of hydrogen-bond acceptors (Lipinski definition) is 1. The first-order valence-electron chi connectivity index (χ1n) is 7.06. The van der Waals surface area contributed by atoms with Crippen LogP contribution in [0.5, 0.6) is 0 Å². The van der Waals surface area contributed by atoms with Crippen LogP contribution >= 0.6 is 0 Å². The lowest BCUT2D eigenvalue weighted by Gasteiger charge is -2.29. The van der Waals surface area contributed by atoms with Gasteiger partial charge in [0.1, 0.15) is 19.7 Å². The molecule has 3 aromatic rings. The molecule has 0 bridgehead atoms. The number of rotatable bonds is 4. The Bertz CT molecular complexity index is 692. The van der Waals surface area contributed by atoms with Crippen molar-refractivity contribution in [1.82, 2.24) is 9.55 Å². The van der Waals surface area contributed by atoms with E-state index < -0.39 is 8.07 Å². The Balaban J connectivity index is 2.08. The van der Waals surface area contributed by atoms with Crippen LogP contribution < -0.4 is 10.4 Å². The maximum absolute atomic E-state index is 13.3. The summed E-state index contributed by atoms with van der Waals surface area (Å²) in [6.45, 7) is 2.20. The summed E-state index contributed by atoms with van der Waals surface area (Å²) in [5.74, 6) is -0.497. The van der Waals surface area contributed by atoms with Crippen molar-refractivity contribution in [3.05, 3.63) is 78.9 Å². The lowest BCUT2D eigenvalue weighted by atomic mass is 10.3. The highest BCUT2D eigenvalue weighted by molar-refractivity contribution is 7.00. The first-order chi connectivity index (χ1) is 10.6. The molecule has 5 heteroatoms. The highest BCUT2D eigenvalue weighted by atomic mass is 28.3. The van der Waals surface area contributed by atoms with Crippen molar-refractivity contribution in [3.8, 4) is 0 Å². The van der Waals surface area contributed by atoms with E-state index in [0.717, 1.165) is 16.5 Å². The Kier molecular flexibility index (Phi) is 3.89. The topological polar surface area (TPSA) is 17.8 Å². The molecule has 2 nitrogen and oxygen atoms in total. The Morgan fingerprint density at radius 3 is 1.82 bits per heavy atom. The lowest BCUT2D eigenvalue weighted by Crippen LogP contribution is -2.58. The van der Waals surface area contributed by atoms with Gasteiger partial charge in [0, 0.05) is 18.6 Å². The molecule has 0 aliphatic rings. The van der Waals surface area contributed by atoms with Crippen molar-refractivity contribution >= 4 is 18.4 Å². The van der Waals surface area contributed by atoms with E-state index in [2.05, 4.69) is 11.5 Å². The van der Waals surface area contributed by atoms with Gasteiger partial charge in [-0.2, -0.15) is 0 Å². The van der Waals surface area contributed by atoms with Gasteiger partial charge in [-0.3, -0.25) is 0 Å². The van der Waals surface area contributed by atoms with Crippen LogP contribution in [0.15, 0.2) is 67.3 Å². The van der Waals surface area contributed by atoms with Gasteiger partial charge in [-0.1, -0.05) is 41.2 Å². The van der Waals surface area contributed by atoms with Gasteiger partial charge >= 0.3 is 0 Å². The maximum Gasteiger partial charge on any atom is 0.135 e. The van der Waals surface area contributed by atoms with Crippen molar-refractivity contribution in [2.24, 2.45) is 0 Å². The molecule has 0 amide bonds. The molecule has 22 heavy (non-hydrogen) atoms. The summed E-state index contributed by atoms with van der Waals surface area (Å²) in [6, 6.07) is 13.3. The molecule has 0 N–H and O–H groups in total. The normalized spacial score (nSPS) is 11.6. The number of benzene rings is 2. The standard InChI is InChI=1S/C17H16F2N2Si/c1-22(13-21-11-10-20-12-21,16-6-2-14(18)3-7-16)17-8-4-15(19)5-9-17/h2-12H,13H2,1H3. The summed E-state index contributed by atoms with van der Waals surface area (Å²) in [4.78, 5) is 4.09. The largest absolute Gasteiger partial charge is 0.340 e. The van der Waals surface area contributed by atoms with Crippen LogP contribution in [0.3, 0.4) is 0 Å². The van der Waals surface area contributed by atoms with Crippen molar-refractivity contribution in [2.75, 3.05) is 0 Å². The molecular weight excluding hydrogens is 298 g/mol. The minimum absolute atomic E-state index is 0.248. The fourth-order valence-corrected chi connectivity index (χ4v) is 6.15. The molecule has 3 rings (SSSR count). The van der Waals surface area contributed by atoms with Gasteiger partial charge < -0.3 is 4.57 Å². The van der Waals surface area contributed by atoms with Crippen LogP contribution in [0, 0.1) is 11.6 Å². The van der Waals surface area contributed by atoms with E-state index in [0.29, 0.717) is 0 Å². The van der Waals surface area contributed by atoms with E-state index in [1.54, 1.807) is 12.5 Å². The average Bonchev–Trinajstić information content (AvgIpc) is 3.01. The van der Waals surface area contributed by atoms with E-state index in [-0.39, 0.29) is 11.6 Å². The predicted octanol–water partition coefficient (Wildman–Crippen LogP) is 2.59. The van der Waals surface area contributed by atoms with E-state index in [1.807, 2.05) is 35.0 Å². The molecule has 0 saturated carbocycles. The molecule has 0 unspecified atom stereocenters. The number of nitrogens with zero attached hydrogens (tertiary/aromatic N) is 2. The number of imidazole rings is 1. The highest BCUT2D eigenvalue weighted by Gasteiger charge is 2.32. The van der Waals surface area contributed by atoms with Crippen LogP contribution in [-0.2, 0) is 6.17 Å². The van der Waals surface area contributed by atoms with Gasteiger partial charge in [-0.25, -0.2) is 13.8 Å². The minimum Gasteiger partial charge on any atom is -0.340 e. The Hall–Kier alpha value is -2.27. The first kappa shape index (κ1) is 14.7. The second-order valence-electron chi connectivity index (χ2n) is 5.58. The quantitative estimate of drug-likeness (QED) is 0.677. The van der Waals surface area contributed by atoms with E-state index in [9.17, 15) is 8.78 Å². The number of aromatic nitrogens is 2. The van der Waals surface area contributed by atoms with Crippen LogP contribution in [0.1, 0.15) is 0 Å². The van der Waals surface area contributed by atoms with E-state index in [4.69, 9.17) is 0 Å². The van der Waals surface area contributed by atoms with E-state index in [1.165, 1.54) is 24.3 Å². The third-order valence-corrected chi connectivity index (χ3v) is 8.23. The molecule has 0 atom stereocenters. The Morgan fingerprint density at radius 1 is 0.909 bits per heavy atom. The molecule has 1 heterocycles. The zero-order valence-corrected chi connectivity index (χ0v) is 13.2. The van der Waals surface area contributed by atoms with Gasteiger partial charge in [-0.15, -0.1) is 0 Å². The molecule has 2 aromatic carbocycles. The first-order valence-corrected chi connectivity index (χ1v) is 9.76. The summed E-state index contributed by atoms with van der Waals surface area (Å²) >= 11 is 0. The van der Waals surface area contributed by atoms with Crippen molar-refractivity contribution in [3.63, 3.8) is 0 Å². The van der Waals surface area contributed by atoms with E-state index >= 15 is 0 Å². The zero-order chi connectivity index (χ0) is 15.6. The Labute approximate surface area is 129 Å². The summed E-state index contributed by atoms with van der Waals surface area (Å²) in [5.41, 5.74) is 0. The summed E-state index contributed by atoms with van der Waals surface area (Å²) < 4.78 is 28.5. The zero-order valence-electron chi connectivity index (χ0n) is 12.2. The monoisotopic (exact) mass is 314 g/mol. The molecule has 0 aliphatic heterocycles. The molecule has 0 radical (unpaired) electrons. The van der Waals surface area contributed by atoms with Gasteiger partial charge in [0.15, 0.2) is 0 Å². The Morgan fingerprint density at radius 2 is 1.41 bits per heavy atom. The fraction of sp³-hybridized carbons (Fsp3) is 0.118. The summed E-state index contributed by atoms with van der Waals surface area (Å²) in [5, 5.41) is 2.21. The smallest absolute Gasteiger partial charge is 0.135 e. The van der Waals surface area contributed by atoms with Gasteiger partial charge in [0.05, 0.1) is 6.33 Å². The van der Waals surface area contributed by atoms with Gasteiger partial charge in [-0.05, 0) is 24.3 Å². The van der Waals surface area contributed by atoms with Gasteiger partial charge in [0.2, 0.25) is 0 Å². The number of halogens is 2. The van der Waals surface area contributed by atoms with Crippen molar-refractivity contribution in [1.29, 1.82) is 0 Å². The average molecular weight is 314 g/mol. The molecular formula is C17H16F2N2Si. The third kappa shape index (κ3) is 2.85. The molecule has 0 aliphatic carbocycles. The minimum atomic E-state index is -2.16. The van der Waals surface area contributed by atoms with Crippen molar-refractivity contribution in [2.45, 2.75) is 12.7 Å². The SMILES string of the molecule is C[Si](Cn1ccnc1)(c1ccc(F)cc1)c1ccc(F)cc1. The van der Waals surface area contributed by atoms with Crippen LogP contribution in [0.25, 0.3) is 0 Å². The lowest BCUT2D eigenvalue weighted by molar-refractivity contribution is 0.628. The molecule has 0 spiro atoms. The summed E-state index contributed by atoms with van der Waals surface area (Å²) in [7, 11) is -2.16. The molecule has 0 saturated heterocycles. The molecule has 0 fully saturated rings. The molecule has 112 valence electrons. The second kappa shape index (κ2) is 5.85. The van der Waals surface area contributed by atoms with Crippen LogP contribution in [0.2, 0.25) is 6.55 Å². The van der Waals surface area contributed by atoms with Crippen molar-refractivity contribution < 1.29 is 8.78 Å². The highest BCUT2D eigenvalue weighted by Crippen LogP contribution is 2.10. The second-order valence-corrected chi connectivity index (χ2v) is 9.72. The molecule has 1 aromatic heterocycles. The number of hydrogen-bond donors (Lipinski definition) is 0. The van der Waals surface area contributed by atoms with Crippen LogP contribution in [0.4, 0.5) is 8.78 Å². The predicted molar refractivity (Wildman–Crippen MR) is 85.9 cm³/mol. The summed E-state index contributed by atoms with van der Waals surface area (Å²) in [6.07, 6.45) is 6.20. The fourth-order valence-electron chi connectivity index (χ4n) is 2.73. The maximum atomic E-state index is 13.3.